The summed E-state index contributed by atoms with van der Waals surface area (Å²) in [5, 5.41) is 2.48. The highest BCUT2D eigenvalue weighted by Gasteiger charge is 2.10. The Hall–Kier alpha value is -3.06. The number of fused-ring (bicyclic) bond motifs is 1. The van der Waals surface area contributed by atoms with Crippen LogP contribution in [-0.2, 0) is 0 Å². The molecular formula is C22H17N. The van der Waals surface area contributed by atoms with E-state index in [0.29, 0.717) is 0 Å². The van der Waals surface area contributed by atoms with Gasteiger partial charge in [-0.3, -0.25) is 0 Å². The molecule has 2 N–H and O–H groups in total. The van der Waals surface area contributed by atoms with E-state index < -0.39 is 0 Å². The molecule has 0 atom stereocenters. The number of hydrogen-bond donors (Lipinski definition) is 1. The third-order valence-corrected chi connectivity index (χ3v) is 4.26. The summed E-state index contributed by atoms with van der Waals surface area (Å²) in [4.78, 5) is 0. The molecule has 0 spiro atoms. The number of nitrogen functional groups attached to an aromatic ring is 1. The van der Waals surface area contributed by atoms with Gasteiger partial charge in [-0.15, -0.1) is 0 Å². The molecule has 4 aromatic carbocycles. The van der Waals surface area contributed by atoms with Crippen molar-refractivity contribution >= 4 is 16.5 Å². The highest BCUT2D eigenvalue weighted by Crippen LogP contribution is 2.37. The molecule has 1 nitrogen and oxygen atoms in total. The fourth-order valence-electron chi connectivity index (χ4n) is 3.15. The lowest BCUT2D eigenvalue weighted by atomic mass is 9.91. The van der Waals surface area contributed by atoms with Crippen molar-refractivity contribution in [3.63, 3.8) is 0 Å². The van der Waals surface area contributed by atoms with Crippen LogP contribution in [0.4, 0.5) is 5.69 Å². The van der Waals surface area contributed by atoms with Gasteiger partial charge in [0, 0.05) is 11.3 Å². The third-order valence-electron chi connectivity index (χ3n) is 4.26. The molecule has 0 unspecified atom stereocenters. The predicted octanol–water partition coefficient (Wildman–Crippen LogP) is 5.76. The van der Waals surface area contributed by atoms with Crippen LogP contribution in [0.5, 0.6) is 0 Å². The van der Waals surface area contributed by atoms with E-state index in [2.05, 4.69) is 66.7 Å². The van der Waals surface area contributed by atoms with Gasteiger partial charge >= 0.3 is 0 Å². The highest BCUT2D eigenvalue weighted by molar-refractivity contribution is 6.06. The molecule has 1 heteroatoms. The summed E-state index contributed by atoms with van der Waals surface area (Å²) in [5.74, 6) is 0. The lowest BCUT2D eigenvalue weighted by molar-refractivity contribution is 1.62. The first-order valence-corrected chi connectivity index (χ1v) is 7.76. The summed E-state index contributed by atoms with van der Waals surface area (Å²) >= 11 is 0. The SMILES string of the molecule is Nc1ccccc1-c1ccc(-c2ccccc2)c2ccccc12. The Morgan fingerprint density at radius 3 is 1.74 bits per heavy atom. The normalized spacial score (nSPS) is 10.8. The van der Waals surface area contributed by atoms with Crippen LogP contribution in [0.1, 0.15) is 0 Å². The molecule has 0 radical (unpaired) electrons. The van der Waals surface area contributed by atoms with E-state index in [4.69, 9.17) is 5.73 Å². The van der Waals surface area contributed by atoms with E-state index in [-0.39, 0.29) is 0 Å². The first kappa shape index (κ1) is 13.6. The molecule has 4 aromatic rings. The Kier molecular flexibility index (Phi) is 3.32. The summed E-state index contributed by atoms with van der Waals surface area (Å²) in [6.45, 7) is 0. The molecule has 0 heterocycles. The van der Waals surface area contributed by atoms with Gasteiger partial charge in [0.15, 0.2) is 0 Å². The van der Waals surface area contributed by atoms with Crippen molar-refractivity contribution in [2.75, 3.05) is 5.73 Å². The maximum absolute atomic E-state index is 6.19. The average Bonchev–Trinajstić information content (AvgIpc) is 2.62. The first-order chi connectivity index (χ1) is 11.3. The second-order valence-electron chi connectivity index (χ2n) is 5.66. The molecule has 110 valence electrons. The Morgan fingerprint density at radius 1 is 0.435 bits per heavy atom. The lowest BCUT2D eigenvalue weighted by Crippen LogP contribution is -1.91. The van der Waals surface area contributed by atoms with E-state index in [1.54, 1.807) is 0 Å². The second kappa shape index (κ2) is 5.62. The molecule has 0 saturated carbocycles. The van der Waals surface area contributed by atoms with Crippen LogP contribution < -0.4 is 5.73 Å². The molecule has 0 bridgehead atoms. The van der Waals surface area contributed by atoms with E-state index >= 15 is 0 Å². The number of hydrogen-bond acceptors (Lipinski definition) is 1. The molecule has 0 aliphatic carbocycles. The van der Waals surface area contributed by atoms with Crippen molar-refractivity contribution in [3.05, 3.63) is 91.0 Å². The van der Waals surface area contributed by atoms with Gasteiger partial charge in [0.2, 0.25) is 0 Å². The number of anilines is 1. The summed E-state index contributed by atoms with van der Waals surface area (Å²) < 4.78 is 0. The zero-order valence-corrected chi connectivity index (χ0v) is 12.7. The molecule has 23 heavy (non-hydrogen) atoms. The van der Waals surface area contributed by atoms with Crippen LogP contribution in [0, 0.1) is 0 Å². The van der Waals surface area contributed by atoms with Crippen LogP contribution in [0.15, 0.2) is 91.0 Å². The molecule has 4 rings (SSSR count). The van der Waals surface area contributed by atoms with Crippen molar-refractivity contribution in [3.8, 4) is 22.3 Å². The maximum Gasteiger partial charge on any atom is 0.0393 e. The Labute approximate surface area is 136 Å². The Balaban J connectivity index is 2.02. The van der Waals surface area contributed by atoms with E-state index in [0.717, 1.165) is 11.3 Å². The summed E-state index contributed by atoms with van der Waals surface area (Å²) in [5.41, 5.74) is 11.8. The molecule has 0 amide bonds. The monoisotopic (exact) mass is 295 g/mol. The fraction of sp³-hybridized carbons (Fsp3) is 0. The van der Waals surface area contributed by atoms with Crippen LogP contribution >= 0.6 is 0 Å². The zero-order valence-electron chi connectivity index (χ0n) is 12.7. The first-order valence-electron chi connectivity index (χ1n) is 7.76. The van der Waals surface area contributed by atoms with Gasteiger partial charge in [-0.25, -0.2) is 0 Å². The average molecular weight is 295 g/mol. The topological polar surface area (TPSA) is 26.0 Å². The van der Waals surface area contributed by atoms with Crippen LogP contribution in [-0.4, -0.2) is 0 Å². The smallest absolute Gasteiger partial charge is 0.0393 e. The van der Waals surface area contributed by atoms with Gasteiger partial charge in [-0.05, 0) is 33.5 Å². The van der Waals surface area contributed by atoms with Crippen LogP contribution in [0.25, 0.3) is 33.0 Å². The van der Waals surface area contributed by atoms with Crippen molar-refractivity contribution in [2.45, 2.75) is 0 Å². The molecule has 0 aliphatic rings. The number of benzene rings is 4. The highest BCUT2D eigenvalue weighted by atomic mass is 14.6. The number of para-hydroxylation sites is 1. The number of rotatable bonds is 2. The van der Waals surface area contributed by atoms with Crippen molar-refractivity contribution in [1.29, 1.82) is 0 Å². The molecule has 0 aliphatic heterocycles. The van der Waals surface area contributed by atoms with E-state index in [1.165, 1.54) is 27.5 Å². The minimum absolute atomic E-state index is 0.810. The van der Waals surface area contributed by atoms with Crippen molar-refractivity contribution in [2.24, 2.45) is 0 Å². The van der Waals surface area contributed by atoms with Crippen molar-refractivity contribution in [1.82, 2.24) is 0 Å². The lowest BCUT2D eigenvalue weighted by Gasteiger charge is -2.13. The van der Waals surface area contributed by atoms with E-state index in [9.17, 15) is 0 Å². The minimum Gasteiger partial charge on any atom is -0.398 e. The number of nitrogens with two attached hydrogens (primary N) is 1. The summed E-state index contributed by atoms with van der Waals surface area (Å²) in [6.07, 6.45) is 0. The van der Waals surface area contributed by atoms with Gasteiger partial charge in [-0.1, -0.05) is 84.9 Å². The summed E-state index contributed by atoms with van der Waals surface area (Å²) in [7, 11) is 0. The predicted molar refractivity (Wildman–Crippen MR) is 99.2 cm³/mol. The Morgan fingerprint density at radius 2 is 1.00 bits per heavy atom. The maximum atomic E-state index is 6.19. The molecule has 0 saturated heterocycles. The quantitative estimate of drug-likeness (QED) is 0.468. The Bertz CT molecular complexity index is 971. The fourth-order valence-corrected chi connectivity index (χ4v) is 3.15. The van der Waals surface area contributed by atoms with Gasteiger partial charge in [0.25, 0.3) is 0 Å². The van der Waals surface area contributed by atoms with Gasteiger partial charge in [0.05, 0.1) is 0 Å². The van der Waals surface area contributed by atoms with Gasteiger partial charge in [0.1, 0.15) is 0 Å². The largest absolute Gasteiger partial charge is 0.398 e. The molecular weight excluding hydrogens is 278 g/mol. The summed E-state index contributed by atoms with van der Waals surface area (Å²) in [6, 6.07) is 31.4. The standard InChI is InChI=1S/C22H17N/c23-22-13-7-6-12-21(22)20-15-14-17(16-8-2-1-3-9-16)18-10-4-5-11-19(18)20/h1-15H,23H2. The van der Waals surface area contributed by atoms with Crippen LogP contribution in [0.3, 0.4) is 0 Å². The second-order valence-corrected chi connectivity index (χ2v) is 5.66. The minimum atomic E-state index is 0.810. The van der Waals surface area contributed by atoms with Gasteiger partial charge in [-0.2, -0.15) is 0 Å². The molecule has 0 fully saturated rings. The van der Waals surface area contributed by atoms with Crippen LogP contribution in [0.2, 0.25) is 0 Å². The van der Waals surface area contributed by atoms with Crippen molar-refractivity contribution < 1.29 is 0 Å². The van der Waals surface area contributed by atoms with Gasteiger partial charge < -0.3 is 5.73 Å². The van der Waals surface area contributed by atoms with E-state index in [1.807, 2.05) is 24.3 Å². The third kappa shape index (κ3) is 2.36. The molecule has 0 aromatic heterocycles. The zero-order chi connectivity index (χ0) is 15.6.